The van der Waals surface area contributed by atoms with E-state index < -0.39 is 0 Å². The standard InChI is InChI=1S/C29H18/c1-3-17-12-19-8-11-22-15-25-23-7-5-4-6-18(23)13-20-9-10-21-14-24(16(17)2)26(19)28(22)29(21)27(20)25/h3-15H,1H2,2H3. The topological polar surface area (TPSA) is 0 Å². The Balaban J connectivity index is 1.88. The fourth-order valence-corrected chi connectivity index (χ4v) is 5.51. The highest BCUT2D eigenvalue weighted by Crippen LogP contribution is 2.46. The predicted molar refractivity (Wildman–Crippen MR) is 129 cm³/mol. The molecule has 0 unspecified atom stereocenters. The van der Waals surface area contributed by atoms with Crippen LogP contribution in [0.3, 0.4) is 0 Å². The smallest absolute Gasteiger partial charge is 0.00139 e. The van der Waals surface area contributed by atoms with Gasteiger partial charge < -0.3 is 0 Å². The Kier molecular flexibility index (Phi) is 2.66. The van der Waals surface area contributed by atoms with Gasteiger partial charge in [0.1, 0.15) is 0 Å². The van der Waals surface area contributed by atoms with Crippen LogP contribution in [0.2, 0.25) is 0 Å². The van der Waals surface area contributed by atoms with Crippen molar-refractivity contribution in [1.82, 2.24) is 0 Å². The molecule has 0 heterocycles. The molecule has 0 aliphatic heterocycles. The largest absolute Gasteiger partial charge is 0.0985 e. The molecule has 0 nitrogen and oxygen atoms in total. The SMILES string of the molecule is C=Cc1cc2ccc3cc4c5ccccc5cc5ccc6cc(c1C)c2c3c6c54. The molecule has 0 aliphatic carbocycles. The Morgan fingerprint density at radius 3 is 1.86 bits per heavy atom. The van der Waals surface area contributed by atoms with Gasteiger partial charge in [-0.15, -0.1) is 0 Å². The van der Waals surface area contributed by atoms with Crippen molar-refractivity contribution in [2.45, 2.75) is 6.92 Å². The summed E-state index contributed by atoms with van der Waals surface area (Å²) in [5, 5.41) is 16.2. The van der Waals surface area contributed by atoms with Gasteiger partial charge in [0.2, 0.25) is 0 Å². The van der Waals surface area contributed by atoms with Gasteiger partial charge in [0, 0.05) is 0 Å². The zero-order valence-electron chi connectivity index (χ0n) is 16.2. The van der Waals surface area contributed by atoms with E-state index in [-0.39, 0.29) is 0 Å². The Morgan fingerprint density at radius 1 is 0.552 bits per heavy atom. The maximum absolute atomic E-state index is 4.04. The summed E-state index contributed by atoms with van der Waals surface area (Å²) in [5.74, 6) is 0. The van der Waals surface area contributed by atoms with Gasteiger partial charge in [-0.3, -0.25) is 0 Å². The van der Waals surface area contributed by atoms with Crippen LogP contribution in [0.15, 0.2) is 79.4 Å². The third kappa shape index (κ3) is 1.75. The summed E-state index contributed by atoms with van der Waals surface area (Å²) in [7, 11) is 0. The van der Waals surface area contributed by atoms with Crippen LogP contribution in [-0.4, -0.2) is 0 Å². The summed E-state index contributed by atoms with van der Waals surface area (Å²) >= 11 is 0. The fourth-order valence-electron chi connectivity index (χ4n) is 5.51. The van der Waals surface area contributed by atoms with Crippen LogP contribution in [0.4, 0.5) is 0 Å². The third-order valence-electron chi connectivity index (χ3n) is 6.86. The first-order valence-electron chi connectivity index (χ1n) is 10.2. The second kappa shape index (κ2) is 5.04. The van der Waals surface area contributed by atoms with Gasteiger partial charge in [0.25, 0.3) is 0 Å². The maximum atomic E-state index is 4.04. The first-order valence-corrected chi connectivity index (χ1v) is 10.2. The van der Waals surface area contributed by atoms with E-state index in [1.165, 1.54) is 75.8 Å². The molecule has 0 aromatic heterocycles. The van der Waals surface area contributed by atoms with Crippen molar-refractivity contribution in [2.75, 3.05) is 0 Å². The highest BCUT2D eigenvalue weighted by atomic mass is 14.2. The molecule has 29 heavy (non-hydrogen) atoms. The van der Waals surface area contributed by atoms with Crippen molar-refractivity contribution in [3.05, 3.63) is 90.5 Å². The summed E-state index contributed by atoms with van der Waals surface area (Å²) in [6.07, 6.45) is 1.98. The van der Waals surface area contributed by atoms with Crippen LogP contribution in [-0.2, 0) is 0 Å². The molecule has 0 amide bonds. The van der Waals surface area contributed by atoms with Gasteiger partial charge in [0.05, 0.1) is 0 Å². The van der Waals surface area contributed by atoms with Crippen molar-refractivity contribution in [1.29, 1.82) is 0 Å². The Labute approximate surface area is 168 Å². The number of hydrogen-bond acceptors (Lipinski definition) is 0. The van der Waals surface area contributed by atoms with Crippen LogP contribution in [0.1, 0.15) is 11.1 Å². The quantitative estimate of drug-likeness (QED) is 0.202. The molecule has 0 spiro atoms. The number of benzene rings is 7. The maximum Gasteiger partial charge on any atom is -0.00139 e. The number of aryl methyl sites for hydroxylation is 1. The second-order valence-electron chi connectivity index (χ2n) is 8.26. The molecular formula is C29H18. The van der Waals surface area contributed by atoms with Crippen LogP contribution in [0.5, 0.6) is 0 Å². The lowest BCUT2D eigenvalue weighted by molar-refractivity contribution is 1.52. The summed E-state index contributed by atoms with van der Waals surface area (Å²) in [4.78, 5) is 0. The average Bonchev–Trinajstić information content (AvgIpc) is 2.76. The lowest BCUT2D eigenvalue weighted by Gasteiger charge is -2.19. The van der Waals surface area contributed by atoms with E-state index in [0.29, 0.717) is 0 Å². The van der Waals surface area contributed by atoms with E-state index in [4.69, 9.17) is 0 Å². The lowest BCUT2D eigenvalue weighted by atomic mass is 9.83. The number of hydrogen-bond donors (Lipinski definition) is 0. The molecule has 0 aliphatic rings. The third-order valence-corrected chi connectivity index (χ3v) is 6.86. The van der Waals surface area contributed by atoms with Crippen molar-refractivity contribution in [3.8, 4) is 0 Å². The summed E-state index contributed by atoms with van der Waals surface area (Å²) < 4.78 is 0. The first kappa shape index (κ1) is 15.3. The van der Waals surface area contributed by atoms with Crippen molar-refractivity contribution < 1.29 is 0 Å². The second-order valence-corrected chi connectivity index (χ2v) is 8.26. The van der Waals surface area contributed by atoms with Crippen LogP contribution < -0.4 is 0 Å². The zero-order valence-corrected chi connectivity index (χ0v) is 16.2. The molecule has 0 heteroatoms. The molecule has 7 aromatic carbocycles. The molecule has 0 bridgehead atoms. The van der Waals surface area contributed by atoms with E-state index >= 15 is 0 Å². The van der Waals surface area contributed by atoms with E-state index in [2.05, 4.69) is 86.3 Å². The zero-order chi connectivity index (χ0) is 19.3. The van der Waals surface area contributed by atoms with Gasteiger partial charge >= 0.3 is 0 Å². The fraction of sp³-hybridized carbons (Fsp3) is 0.0345. The molecular weight excluding hydrogens is 348 g/mol. The van der Waals surface area contributed by atoms with Crippen molar-refractivity contribution in [3.63, 3.8) is 0 Å². The Morgan fingerprint density at radius 2 is 1.14 bits per heavy atom. The molecule has 0 radical (unpaired) electrons. The minimum Gasteiger partial charge on any atom is -0.0985 e. The Bertz CT molecular complexity index is 1770. The predicted octanol–water partition coefficient (Wildman–Crippen LogP) is 8.43. The van der Waals surface area contributed by atoms with Crippen molar-refractivity contribution in [2.24, 2.45) is 0 Å². The molecule has 0 N–H and O–H groups in total. The van der Waals surface area contributed by atoms with Crippen LogP contribution in [0.25, 0.3) is 70.7 Å². The van der Waals surface area contributed by atoms with Gasteiger partial charge in [-0.1, -0.05) is 61.2 Å². The molecule has 0 saturated carbocycles. The first-order chi connectivity index (χ1) is 14.2. The number of fused-ring (bicyclic) bond motifs is 2. The molecule has 0 fully saturated rings. The van der Waals surface area contributed by atoms with E-state index in [1.54, 1.807) is 0 Å². The molecule has 0 atom stereocenters. The van der Waals surface area contributed by atoms with Crippen LogP contribution >= 0.6 is 0 Å². The minimum atomic E-state index is 1.22. The van der Waals surface area contributed by atoms with Gasteiger partial charge in [0.15, 0.2) is 0 Å². The average molecular weight is 366 g/mol. The highest BCUT2D eigenvalue weighted by molar-refractivity contribution is 6.39. The monoisotopic (exact) mass is 366 g/mol. The highest BCUT2D eigenvalue weighted by Gasteiger charge is 2.18. The summed E-state index contributed by atoms with van der Waals surface area (Å²) in [6, 6.07) is 27.3. The van der Waals surface area contributed by atoms with E-state index in [0.717, 1.165) is 0 Å². The minimum absolute atomic E-state index is 1.22. The van der Waals surface area contributed by atoms with E-state index in [9.17, 15) is 0 Å². The summed E-state index contributed by atoms with van der Waals surface area (Å²) in [6.45, 7) is 6.26. The van der Waals surface area contributed by atoms with Gasteiger partial charge in [-0.05, 0) is 107 Å². The molecule has 0 saturated heterocycles. The van der Waals surface area contributed by atoms with Crippen molar-refractivity contribution >= 4 is 70.7 Å². The molecule has 7 aromatic rings. The van der Waals surface area contributed by atoms with E-state index in [1.807, 2.05) is 6.08 Å². The molecule has 134 valence electrons. The Hall–Kier alpha value is -3.64. The normalized spacial score (nSPS) is 12.4. The van der Waals surface area contributed by atoms with Gasteiger partial charge in [-0.2, -0.15) is 0 Å². The number of rotatable bonds is 1. The van der Waals surface area contributed by atoms with Gasteiger partial charge in [-0.25, -0.2) is 0 Å². The van der Waals surface area contributed by atoms with Crippen LogP contribution in [0, 0.1) is 6.92 Å². The lowest BCUT2D eigenvalue weighted by Crippen LogP contribution is -1.93. The molecule has 7 rings (SSSR count). The summed E-state index contributed by atoms with van der Waals surface area (Å²) in [5.41, 5.74) is 2.54.